The van der Waals surface area contributed by atoms with Gasteiger partial charge in [-0.05, 0) is 42.0 Å². The quantitative estimate of drug-likeness (QED) is 0.532. The summed E-state index contributed by atoms with van der Waals surface area (Å²) in [4.78, 5) is 36.0. The first-order valence-corrected chi connectivity index (χ1v) is 11.2. The fourth-order valence-electron chi connectivity index (χ4n) is 4.55. The summed E-state index contributed by atoms with van der Waals surface area (Å²) in [5.74, 6) is -1.21. The lowest BCUT2D eigenvalue weighted by Crippen LogP contribution is -2.52. The lowest BCUT2D eigenvalue weighted by atomic mass is 9.68. The second-order valence-electron chi connectivity index (χ2n) is 8.72. The number of fused-ring (bicyclic) bond motifs is 3. The number of amides is 2. The zero-order valence-electron chi connectivity index (χ0n) is 18.6. The molecule has 1 saturated carbocycles. The molecule has 2 aliphatic carbocycles. The lowest BCUT2D eigenvalue weighted by Gasteiger charge is -2.40. The predicted octanol–water partition coefficient (Wildman–Crippen LogP) is 3.84. The van der Waals surface area contributed by atoms with Crippen molar-refractivity contribution in [3.63, 3.8) is 0 Å². The lowest BCUT2D eigenvalue weighted by molar-refractivity contribution is -0.135. The molecule has 0 radical (unpaired) electrons. The van der Waals surface area contributed by atoms with Gasteiger partial charge >= 0.3 is 12.1 Å². The van der Waals surface area contributed by atoms with Crippen LogP contribution in [0.25, 0.3) is 11.1 Å². The van der Waals surface area contributed by atoms with Gasteiger partial charge in [0.05, 0.1) is 5.41 Å². The molecule has 172 valence electrons. The van der Waals surface area contributed by atoms with E-state index >= 15 is 0 Å². The summed E-state index contributed by atoms with van der Waals surface area (Å²) < 4.78 is 5.57. The third-order valence-electron chi connectivity index (χ3n) is 6.72. The number of carbonyl (C=O) groups excluding carboxylic acids is 2. The van der Waals surface area contributed by atoms with Crippen LogP contribution in [0.2, 0.25) is 0 Å². The second-order valence-corrected chi connectivity index (χ2v) is 8.72. The highest BCUT2D eigenvalue weighted by atomic mass is 16.5. The van der Waals surface area contributed by atoms with E-state index in [4.69, 9.17) is 9.84 Å². The molecule has 7 heteroatoms. The molecular formula is C26H28N2O5. The van der Waals surface area contributed by atoms with Crippen molar-refractivity contribution in [2.45, 2.75) is 32.1 Å². The Morgan fingerprint density at radius 1 is 1.03 bits per heavy atom. The zero-order valence-corrected chi connectivity index (χ0v) is 18.6. The fraction of sp³-hybridized carbons (Fsp3) is 0.346. The first kappa shape index (κ1) is 22.6. The van der Waals surface area contributed by atoms with Crippen LogP contribution in [-0.2, 0) is 14.3 Å². The van der Waals surface area contributed by atoms with Crippen LogP contribution in [-0.4, -0.2) is 42.8 Å². The number of carbonyl (C=O) groups is 3. The SMILES string of the molecule is C/C(=C\CNC(=O)C1(CNC(=O)OCC2c3ccccc3-c3ccccc32)CCC1)C(=O)O. The number of hydrogen-bond donors (Lipinski definition) is 3. The Bertz CT molecular complexity index is 1060. The van der Waals surface area contributed by atoms with Crippen LogP contribution >= 0.6 is 0 Å². The minimum Gasteiger partial charge on any atom is -0.478 e. The van der Waals surface area contributed by atoms with Gasteiger partial charge in [-0.2, -0.15) is 0 Å². The van der Waals surface area contributed by atoms with E-state index < -0.39 is 17.5 Å². The summed E-state index contributed by atoms with van der Waals surface area (Å²) >= 11 is 0. The predicted molar refractivity (Wildman–Crippen MR) is 124 cm³/mol. The molecule has 0 bridgehead atoms. The van der Waals surface area contributed by atoms with E-state index in [9.17, 15) is 14.4 Å². The normalized spacial score (nSPS) is 16.2. The molecule has 4 rings (SSSR count). The number of nitrogens with one attached hydrogen (secondary N) is 2. The van der Waals surface area contributed by atoms with Gasteiger partial charge in [0.15, 0.2) is 0 Å². The van der Waals surface area contributed by atoms with Crippen LogP contribution in [0.1, 0.15) is 43.2 Å². The van der Waals surface area contributed by atoms with Gasteiger partial charge in [-0.15, -0.1) is 0 Å². The molecule has 33 heavy (non-hydrogen) atoms. The molecule has 0 aliphatic heterocycles. The van der Waals surface area contributed by atoms with Gasteiger partial charge in [0, 0.05) is 24.6 Å². The Morgan fingerprint density at radius 2 is 1.64 bits per heavy atom. The first-order valence-electron chi connectivity index (χ1n) is 11.2. The van der Waals surface area contributed by atoms with E-state index in [1.165, 1.54) is 24.1 Å². The van der Waals surface area contributed by atoms with E-state index in [0.29, 0.717) is 12.8 Å². The standard InChI is InChI=1S/C26H28N2O5/c1-17(23(29)30)11-14-27-24(31)26(12-6-13-26)16-28-25(32)33-15-22-20-9-4-2-7-18(20)19-8-3-5-10-21(19)22/h2-5,7-11,22H,6,12-16H2,1H3,(H,27,31)(H,28,32)(H,29,30)/b17-11+. The van der Waals surface area contributed by atoms with E-state index in [2.05, 4.69) is 34.9 Å². The molecule has 0 spiro atoms. The van der Waals surface area contributed by atoms with Crippen molar-refractivity contribution in [2.24, 2.45) is 5.41 Å². The highest BCUT2D eigenvalue weighted by Gasteiger charge is 2.44. The minimum absolute atomic E-state index is 0.0200. The maximum atomic E-state index is 12.7. The molecule has 0 heterocycles. The maximum Gasteiger partial charge on any atom is 0.407 e. The van der Waals surface area contributed by atoms with Crippen LogP contribution in [0.4, 0.5) is 4.79 Å². The average Bonchev–Trinajstić information content (AvgIpc) is 3.10. The topological polar surface area (TPSA) is 105 Å². The van der Waals surface area contributed by atoms with E-state index in [1.807, 2.05) is 24.3 Å². The molecule has 2 aromatic rings. The summed E-state index contributed by atoms with van der Waals surface area (Å²) in [6, 6.07) is 16.3. The van der Waals surface area contributed by atoms with Crippen LogP contribution in [0.5, 0.6) is 0 Å². The van der Waals surface area contributed by atoms with Crippen LogP contribution in [0.15, 0.2) is 60.2 Å². The Hall–Kier alpha value is -3.61. The number of rotatable bonds is 8. The summed E-state index contributed by atoms with van der Waals surface area (Å²) in [5, 5.41) is 14.4. The number of carboxylic acids is 1. The van der Waals surface area contributed by atoms with Crippen LogP contribution in [0.3, 0.4) is 0 Å². The van der Waals surface area contributed by atoms with Gasteiger partial charge in [-0.25, -0.2) is 9.59 Å². The largest absolute Gasteiger partial charge is 0.478 e. The van der Waals surface area contributed by atoms with Crippen LogP contribution < -0.4 is 10.6 Å². The Labute approximate surface area is 192 Å². The summed E-state index contributed by atoms with van der Waals surface area (Å²) in [6.07, 6.45) is 3.17. The number of benzene rings is 2. The summed E-state index contributed by atoms with van der Waals surface area (Å²) in [5.41, 5.74) is 4.13. The molecule has 7 nitrogen and oxygen atoms in total. The summed E-state index contributed by atoms with van der Waals surface area (Å²) in [6.45, 7) is 2.03. The third-order valence-corrected chi connectivity index (χ3v) is 6.72. The zero-order chi connectivity index (χ0) is 23.4. The van der Waals surface area contributed by atoms with Crippen LogP contribution in [0, 0.1) is 5.41 Å². The number of hydrogen-bond acceptors (Lipinski definition) is 4. The Morgan fingerprint density at radius 3 is 2.18 bits per heavy atom. The Balaban J connectivity index is 1.32. The van der Waals surface area contributed by atoms with E-state index in [1.54, 1.807) is 0 Å². The van der Waals surface area contributed by atoms with Gasteiger partial charge in [0.2, 0.25) is 5.91 Å². The third kappa shape index (κ3) is 4.62. The van der Waals surface area contributed by atoms with E-state index in [-0.39, 0.29) is 37.1 Å². The van der Waals surface area contributed by atoms with Crippen molar-refractivity contribution >= 4 is 18.0 Å². The highest BCUT2D eigenvalue weighted by molar-refractivity contribution is 5.87. The summed E-state index contributed by atoms with van der Waals surface area (Å²) in [7, 11) is 0. The molecule has 2 aromatic carbocycles. The first-order chi connectivity index (χ1) is 15.9. The molecule has 2 amide bonds. The van der Waals surface area contributed by atoms with Crippen molar-refractivity contribution in [2.75, 3.05) is 19.7 Å². The molecule has 1 fully saturated rings. The van der Waals surface area contributed by atoms with E-state index in [0.717, 1.165) is 17.5 Å². The van der Waals surface area contributed by atoms with Gasteiger partial charge < -0.3 is 20.5 Å². The number of carboxylic acid groups (broad SMARTS) is 1. The fourth-order valence-corrected chi connectivity index (χ4v) is 4.55. The van der Waals surface area contributed by atoms with Crippen molar-refractivity contribution in [1.82, 2.24) is 10.6 Å². The molecule has 3 N–H and O–H groups in total. The molecular weight excluding hydrogens is 420 g/mol. The maximum absolute atomic E-state index is 12.7. The molecule has 0 atom stereocenters. The molecule has 0 saturated heterocycles. The molecule has 0 unspecified atom stereocenters. The van der Waals surface area contributed by atoms with Gasteiger partial charge in [-0.1, -0.05) is 61.0 Å². The van der Waals surface area contributed by atoms with Gasteiger partial charge in [0.1, 0.15) is 6.61 Å². The average molecular weight is 449 g/mol. The molecule has 0 aromatic heterocycles. The number of aliphatic carboxylic acids is 1. The molecule has 2 aliphatic rings. The smallest absolute Gasteiger partial charge is 0.407 e. The van der Waals surface area contributed by atoms with Crippen molar-refractivity contribution in [1.29, 1.82) is 0 Å². The number of alkyl carbamates (subject to hydrolysis) is 1. The number of ether oxygens (including phenoxy) is 1. The monoisotopic (exact) mass is 448 g/mol. The highest BCUT2D eigenvalue weighted by Crippen LogP contribution is 2.44. The van der Waals surface area contributed by atoms with Crippen molar-refractivity contribution < 1.29 is 24.2 Å². The van der Waals surface area contributed by atoms with Gasteiger partial charge in [-0.3, -0.25) is 4.79 Å². The minimum atomic E-state index is -1.01. The Kier molecular flexibility index (Phi) is 6.49. The van der Waals surface area contributed by atoms with Gasteiger partial charge in [0.25, 0.3) is 0 Å². The van der Waals surface area contributed by atoms with Crippen molar-refractivity contribution in [3.05, 3.63) is 71.3 Å². The van der Waals surface area contributed by atoms with Crippen molar-refractivity contribution in [3.8, 4) is 11.1 Å². The second kappa shape index (κ2) is 9.48.